The number of esters is 1. The van der Waals surface area contributed by atoms with E-state index in [1.54, 1.807) is 0 Å². The topological polar surface area (TPSA) is 35.5 Å². The van der Waals surface area contributed by atoms with Crippen molar-refractivity contribution in [3.63, 3.8) is 0 Å². The predicted octanol–water partition coefficient (Wildman–Crippen LogP) is 6.99. The molecule has 28 heavy (non-hydrogen) atoms. The lowest BCUT2D eigenvalue weighted by atomic mass is 9.87. The highest BCUT2D eigenvalue weighted by Gasteiger charge is 2.48. The lowest BCUT2D eigenvalue weighted by Gasteiger charge is -2.43. The van der Waals surface area contributed by atoms with E-state index in [4.69, 9.17) is 32.4 Å². The van der Waals surface area contributed by atoms with Gasteiger partial charge in [0.25, 0.3) is 0 Å². The van der Waals surface area contributed by atoms with Gasteiger partial charge in [0, 0.05) is 10.4 Å². The summed E-state index contributed by atoms with van der Waals surface area (Å²) in [6, 6.07) is 6.00. The zero-order valence-electron chi connectivity index (χ0n) is 17.7. The van der Waals surface area contributed by atoms with Gasteiger partial charge < -0.3 is 9.16 Å². The van der Waals surface area contributed by atoms with Gasteiger partial charge in [-0.1, -0.05) is 55.8 Å². The molecule has 1 aliphatic heterocycles. The molecule has 1 fully saturated rings. The van der Waals surface area contributed by atoms with Gasteiger partial charge in [0.15, 0.2) is 8.32 Å². The van der Waals surface area contributed by atoms with E-state index in [0.29, 0.717) is 6.42 Å². The third-order valence-corrected chi connectivity index (χ3v) is 12.0. The summed E-state index contributed by atoms with van der Waals surface area (Å²) in [5.74, 6) is -0.638. The van der Waals surface area contributed by atoms with Crippen molar-refractivity contribution in [3.05, 3.63) is 33.8 Å². The molecule has 1 saturated heterocycles. The second-order valence-electron chi connectivity index (χ2n) is 9.27. The van der Waals surface area contributed by atoms with Crippen LogP contribution in [0.25, 0.3) is 0 Å². The molecule has 4 atom stereocenters. The summed E-state index contributed by atoms with van der Waals surface area (Å²) in [4.78, 5) is 11.5. The molecule has 0 N–H and O–H groups in total. The maximum absolute atomic E-state index is 12.2. The Kier molecular flexibility index (Phi) is 7.75. The molecule has 2 rings (SSSR count). The molecule has 0 bridgehead atoms. The quantitative estimate of drug-likeness (QED) is 0.235. The second-order valence-corrected chi connectivity index (χ2v) is 16.0. The molecule has 1 heterocycles. The smallest absolute Gasteiger partial charge is 0.309 e. The van der Waals surface area contributed by atoms with E-state index < -0.39 is 19.3 Å². The Morgan fingerprint density at radius 1 is 1.29 bits per heavy atom. The van der Waals surface area contributed by atoms with Gasteiger partial charge in [-0.3, -0.25) is 4.79 Å². The van der Waals surface area contributed by atoms with Crippen molar-refractivity contribution in [2.45, 2.75) is 82.1 Å². The zero-order chi connectivity index (χ0) is 21.4. The number of ether oxygens (including phenoxy) is 1. The lowest BCUT2D eigenvalue weighted by molar-refractivity contribution is -0.147. The van der Waals surface area contributed by atoms with Crippen molar-refractivity contribution in [3.8, 4) is 0 Å². The number of rotatable bonds is 6. The number of halogens is 3. The summed E-state index contributed by atoms with van der Waals surface area (Å²) in [5, 5.41) is 0.00443. The molecule has 1 aromatic rings. The van der Waals surface area contributed by atoms with E-state index in [-0.39, 0.29) is 28.9 Å². The van der Waals surface area contributed by atoms with Gasteiger partial charge in [-0.25, -0.2) is 0 Å². The van der Waals surface area contributed by atoms with Crippen molar-refractivity contribution < 1.29 is 14.0 Å². The minimum atomic E-state index is -2.17. The lowest BCUT2D eigenvalue weighted by Crippen LogP contribution is -2.50. The first kappa shape index (κ1) is 24.2. The normalized spacial score (nSPS) is 23.0. The molecule has 0 aromatic heterocycles. The Hall–Kier alpha value is -0.0731. The van der Waals surface area contributed by atoms with Gasteiger partial charge in [-0.05, 0) is 48.7 Å². The molecule has 0 aliphatic carbocycles. The van der Waals surface area contributed by atoms with E-state index in [2.05, 4.69) is 49.8 Å². The summed E-state index contributed by atoms with van der Waals surface area (Å²) < 4.78 is 13.6. The highest BCUT2D eigenvalue weighted by atomic mass is 79.9. The van der Waals surface area contributed by atoms with Crippen molar-refractivity contribution in [2.75, 3.05) is 0 Å². The van der Waals surface area contributed by atoms with E-state index in [0.717, 1.165) is 15.6 Å². The molecule has 1 aromatic carbocycles. The van der Waals surface area contributed by atoms with Gasteiger partial charge in [0.05, 0.1) is 12.0 Å². The van der Waals surface area contributed by atoms with Crippen LogP contribution in [0.2, 0.25) is 18.1 Å². The summed E-state index contributed by atoms with van der Waals surface area (Å²) in [7, 11) is -2.17. The number of alkyl halides is 2. The van der Waals surface area contributed by atoms with Gasteiger partial charge >= 0.3 is 5.97 Å². The molecule has 158 valence electrons. The molecule has 0 radical (unpaired) electrons. The van der Waals surface area contributed by atoms with Crippen molar-refractivity contribution in [2.24, 2.45) is 5.92 Å². The Labute approximate surface area is 188 Å². The van der Waals surface area contributed by atoms with Crippen LogP contribution in [0, 0.1) is 12.8 Å². The standard InChI is InChI=1S/C21H31BrCl2O3Si/c1-12-11-16(26-20(12)25)18(27-28(6,7)21(3,4)5)17(19(23)24)14-9-8-10-15(22)13(14)2/h8-10,12,16-19H,11H2,1-7H3/t12-,16+,17-,18+/m0/s1. The fourth-order valence-electron chi connectivity index (χ4n) is 3.30. The van der Waals surface area contributed by atoms with Gasteiger partial charge in [0.1, 0.15) is 10.9 Å². The summed E-state index contributed by atoms with van der Waals surface area (Å²) in [5.41, 5.74) is 2.09. The number of cyclic esters (lactones) is 1. The molecule has 3 nitrogen and oxygen atoms in total. The largest absolute Gasteiger partial charge is 0.459 e. The average Bonchev–Trinajstić information content (AvgIpc) is 2.88. The van der Waals surface area contributed by atoms with Crippen LogP contribution in [-0.4, -0.2) is 31.3 Å². The third kappa shape index (κ3) is 5.15. The van der Waals surface area contributed by atoms with Crippen LogP contribution in [0.4, 0.5) is 0 Å². The van der Waals surface area contributed by atoms with Crippen LogP contribution in [-0.2, 0) is 14.0 Å². The molecule has 1 aliphatic rings. The van der Waals surface area contributed by atoms with Crippen LogP contribution in [0.1, 0.15) is 51.2 Å². The first-order chi connectivity index (χ1) is 12.8. The highest BCUT2D eigenvalue weighted by Crippen LogP contribution is 2.45. The summed E-state index contributed by atoms with van der Waals surface area (Å²) in [6.45, 7) is 14.9. The number of carbonyl (C=O) groups is 1. The van der Waals surface area contributed by atoms with Crippen molar-refractivity contribution in [1.29, 1.82) is 0 Å². The number of hydrogen-bond donors (Lipinski definition) is 0. The fraction of sp³-hybridized carbons (Fsp3) is 0.667. The third-order valence-electron chi connectivity index (χ3n) is 6.15. The maximum Gasteiger partial charge on any atom is 0.309 e. The molecule has 0 saturated carbocycles. The number of benzene rings is 1. The molecule has 0 unspecified atom stereocenters. The number of carbonyl (C=O) groups excluding carboxylic acids is 1. The average molecular weight is 510 g/mol. The summed E-state index contributed by atoms with van der Waals surface area (Å²) >= 11 is 16.7. The zero-order valence-corrected chi connectivity index (χ0v) is 21.8. The molecule has 0 amide bonds. The maximum atomic E-state index is 12.2. The first-order valence-corrected chi connectivity index (χ1v) is 14.2. The molecular formula is C21H31BrCl2O3Si. The SMILES string of the molecule is Cc1c(Br)cccc1[C@H](C(Cl)Cl)[C@H](O[Si](C)(C)C(C)(C)C)[C@H]1C[C@H](C)C(=O)O1. The monoisotopic (exact) mass is 508 g/mol. The molecule has 7 heteroatoms. The van der Waals surface area contributed by atoms with Crippen LogP contribution in [0.3, 0.4) is 0 Å². The van der Waals surface area contributed by atoms with Gasteiger partial charge in [-0.15, -0.1) is 23.2 Å². The van der Waals surface area contributed by atoms with Crippen LogP contribution < -0.4 is 0 Å². The van der Waals surface area contributed by atoms with Crippen LogP contribution >= 0.6 is 39.1 Å². The Balaban J connectivity index is 2.54. The van der Waals surface area contributed by atoms with E-state index in [9.17, 15) is 4.79 Å². The van der Waals surface area contributed by atoms with E-state index in [1.807, 2.05) is 32.0 Å². The van der Waals surface area contributed by atoms with Gasteiger partial charge in [0.2, 0.25) is 0 Å². The Morgan fingerprint density at radius 2 is 1.89 bits per heavy atom. The minimum Gasteiger partial charge on any atom is -0.459 e. The van der Waals surface area contributed by atoms with Crippen LogP contribution in [0.5, 0.6) is 0 Å². The van der Waals surface area contributed by atoms with Crippen molar-refractivity contribution in [1.82, 2.24) is 0 Å². The second kappa shape index (κ2) is 8.97. The highest BCUT2D eigenvalue weighted by molar-refractivity contribution is 9.10. The Bertz CT molecular complexity index is 718. The first-order valence-electron chi connectivity index (χ1n) is 9.67. The predicted molar refractivity (Wildman–Crippen MR) is 123 cm³/mol. The van der Waals surface area contributed by atoms with E-state index >= 15 is 0 Å². The molecule has 0 spiro atoms. The van der Waals surface area contributed by atoms with Gasteiger partial charge in [-0.2, -0.15) is 0 Å². The fourth-order valence-corrected chi connectivity index (χ4v) is 5.57. The van der Waals surface area contributed by atoms with E-state index in [1.165, 1.54) is 0 Å². The minimum absolute atomic E-state index is 0.00443. The van der Waals surface area contributed by atoms with Crippen molar-refractivity contribution >= 4 is 53.4 Å². The number of hydrogen-bond acceptors (Lipinski definition) is 3. The van der Waals surface area contributed by atoms with Crippen LogP contribution in [0.15, 0.2) is 22.7 Å². The Morgan fingerprint density at radius 3 is 2.36 bits per heavy atom. The molecular weight excluding hydrogens is 479 g/mol. The summed E-state index contributed by atoms with van der Waals surface area (Å²) in [6.07, 6.45) is -0.148.